The number of isothiocyanates is 1. The summed E-state index contributed by atoms with van der Waals surface area (Å²) >= 11 is 17.2. The standard InChI is InChI=1S/C26H23Cl2N5O4S2/c1-37-26-23(25(34)31-32-12-14-39(35,36)15-13-32)30-24(21-10-7-19(27)16-22(21)28)33(26)20-8-5-18(6-9-20)4-2-3-11-29-17-38/h5-10,16H,3,11-15H2,1H3,(H,31,34). The van der Waals surface area contributed by atoms with Crippen LogP contribution >= 0.6 is 35.4 Å². The van der Waals surface area contributed by atoms with Crippen LogP contribution in [-0.2, 0) is 9.84 Å². The summed E-state index contributed by atoms with van der Waals surface area (Å²) in [5.74, 6) is 6.01. The molecule has 0 aliphatic carbocycles. The number of aliphatic imine (C=N–C) groups is 1. The van der Waals surface area contributed by atoms with Crippen LogP contribution in [0.5, 0.6) is 5.88 Å². The van der Waals surface area contributed by atoms with Gasteiger partial charge in [0.05, 0.1) is 41.0 Å². The van der Waals surface area contributed by atoms with Gasteiger partial charge < -0.3 is 4.74 Å². The Balaban J connectivity index is 1.73. The van der Waals surface area contributed by atoms with Gasteiger partial charge in [0.1, 0.15) is 5.82 Å². The third-order valence-electron chi connectivity index (χ3n) is 5.79. The van der Waals surface area contributed by atoms with Crippen LogP contribution in [0.25, 0.3) is 17.1 Å². The van der Waals surface area contributed by atoms with E-state index in [1.165, 1.54) is 7.11 Å². The van der Waals surface area contributed by atoms with Crippen molar-refractivity contribution < 1.29 is 17.9 Å². The minimum absolute atomic E-state index is 0.00918. The van der Waals surface area contributed by atoms with Crippen LogP contribution < -0.4 is 10.2 Å². The van der Waals surface area contributed by atoms with Crippen molar-refractivity contribution in [2.45, 2.75) is 6.42 Å². The number of halogens is 2. The highest BCUT2D eigenvalue weighted by molar-refractivity contribution is 7.91. The highest BCUT2D eigenvalue weighted by atomic mass is 35.5. The number of hydrogen-bond donors (Lipinski definition) is 1. The molecule has 0 spiro atoms. The maximum absolute atomic E-state index is 13.3. The molecule has 1 amide bonds. The van der Waals surface area contributed by atoms with E-state index in [9.17, 15) is 13.2 Å². The molecule has 39 heavy (non-hydrogen) atoms. The molecule has 2 aromatic carbocycles. The zero-order valence-electron chi connectivity index (χ0n) is 20.8. The fourth-order valence-electron chi connectivity index (χ4n) is 3.87. The van der Waals surface area contributed by atoms with Gasteiger partial charge in [-0.3, -0.25) is 14.8 Å². The van der Waals surface area contributed by atoms with E-state index in [1.807, 2.05) is 24.3 Å². The fourth-order valence-corrected chi connectivity index (χ4v) is 5.65. The molecule has 0 radical (unpaired) electrons. The minimum atomic E-state index is -3.11. The highest BCUT2D eigenvalue weighted by Crippen LogP contribution is 2.36. The number of aromatic nitrogens is 2. The van der Waals surface area contributed by atoms with Crippen molar-refractivity contribution in [3.8, 4) is 34.8 Å². The monoisotopic (exact) mass is 603 g/mol. The number of carbonyl (C=O) groups is 1. The van der Waals surface area contributed by atoms with Gasteiger partial charge in [0.2, 0.25) is 5.88 Å². The van der Waals surface area contributed by atoms with Crippen LogP contribution in [0, 0.1) is 11.8 Å². The van der Waals surface area contributed by atoms with Gasteiger partial charge in [-0.25, -0.2) is 23.4 Å². The first-order valence-electron chi connectivity index (χ1n) is 11.7. The summed E-state index contributed by atoms with van der Waals surface area (Å²) in [4.78, 5) is 21.8. The molecule has 1 aliphatic heterocycles. The molecular formula is C26H23Cl2N5O4S2. The number of imidazole rings is 1. The van der Waals surface area contributed by atoms with E-state index in [-0.39, 0.29) is 36.2 Å². The first-order chi connectivity index (χ1) is 18.7. The second-order valence-electron chi connectivity index (χ2n) is 8.40. The molecule has 2 heterocycles. The summed E-state index contributed by atoms with van der Waals surface area (Å²) < 4.78 is 30.9. The zero-order valence-corrected chi connectivity index (χ0v) is 23.9. The number of ether oxygens (including phenoxy) is 1. The second kappa shape index (κ2) is 12.7. The Morgan fingerprint density at radius 1 is 1.18 bits per heavy atom. The lowest BCUT2D eigenvalue weighted by atomic mass is 10.1. The third-order valence-corrected chi connectivity index (χ3v) is 8.08. The number of thiocarbonyl (C=S) groups is 1. The molecule has 1 saturated heterocycles. The topological polar surface area (TPSA) is 106 Å². The minimum Gasteiger partial charge on any atom is -0.480 e. The van der Waals surface area contributed by atoms with Crippen LogP contribution in [0.1, 0.15) is 22.5 Å². The molecule has 0 bridgehead atoms. The van der Waals surface area contributed by atoms with Crippen molar-refractivity contribution in [2.24, 2.45) is 4.99 Å². The largest absolute Gasteiger partial charge is 0.480 e. The predicted octanol–water partition coefficient (Wildman–Crippen LogP) is 4.07. The number of carbonyl (C=O) groups excluding carboxylic acids is 1. The van der Waals surface area contributed by atoms with Gasteiger partial charge in [0.15, 0.2) is 15.5 Å². The van der Waals surface area contributed by atoms with Crippen LogP contribution in [0.3, 0.4) is 0 Å². The van der Waals surface area contributed by atoms with E-state index < -0.39 is 15.7 Å². The van der Waals surface area contributed by atoms with Crippen molar-refractivity contribution in [2.75, 3.05) is 38.2 Å². The average molecular weight is 605 g/mol. The summed E-state index contributed by atoms with van der Waals surface area (Å²) in [5, 5.41) is 4.66. The van der Waals surface area contributed by atoms with E-state index in [0.717, 1.165) is 5.56 Å². The van der Waals surface area contributed by atoms with E-state index >= 15 is 0 Å². The van der Waals surface area contributed by atoms with Crippen LogP contribution in [-0.4, -0.2) is 72.3 Å². The molecule has 0 atom stereocenters. The predicted molar refractivity (Wildman–Crippen MR) is 155 cm³/mol. The second-order valence-corrected chi connectivity index (χ2v) is 11.7. The van der Waals surface area contributed by atoms with Crippen LogP contribution in [0.15, 0.2) is 47.5 Å². The molecule has 202 valence electrons. The molecule has 1 fully saturated rings. The average Bonchev–Trinajstić information content (AvgIpc) is 3.29. The summed E-state index contributed by atoms with van der Waals surface area (Å²) in [7, 11) is -1.67. The lowest BCUT2D eigenvalue weighted by Gasteiger charge is -2.26. The number of rotatable bonds is 7. The molecule has 4 rings (SSSR count). The highest BCUT2D eigenvalue weighted by Gasteiger charge is 2.29. The van der Waals surface area contributed by atoms with Gasteiger partial charge in [-0.05, 0) is 54.7 Å². The number of hydrazine groups is 1. The van der Waals surface area contributed by atoms with Crippen molar-refractivity contribution in [1.29, 1.82) is 0 Å². The maximum atomic E-state index is 13.3. The molecular weight excluding hydrogens is 581 g/mol. The quantitative estimate of drug-likeness (QED) is 0.188. The number of benzene rings is 2. The first-order valence-corrected chi connectivity index (χ1v) is 14.7. The Kier molecular flexibility index (Phi) is 9.40. The normalized spacial score (nSPS) is 14.5. The number of methoxy groups -OCH3 is 1. The van der Waals surface area contributed by atoms with Gasteiger partial charge in [-0.2, -0.15) is 0 Å². The maximum Gasteiger partial charge on any atom is 0.289 e. The number of nitrogens with zero attached hydrogens (tertiary/aromatic N) is 4. The summed E-state index contributed by atoms with van der Waals surface area (Å²) in [6.45, 7) is 0.838. The van der Waals surface area contributed by atoms with E-state index in [2.05, 4.69) is 44.6 Å². The first kappa shape index (κ1) is 28.8. The Labute approximate surface area is 241 Å². The van der Waals surface area contributed by atoms with E-state index in [0.29, 0.717) is 40.1 Å². The molecule has 3 aromatic rings. The van der Waals surface area contributed by atoms with Crippen molar-refractivity contribution >= 4 is 56.3 Å². The molecule has 0 saturated carbocycles. The molecule has 0 unspecified atom stereocenters. The zero-order chi connectivity index (χ0) is 28.0. The molecule has 1 N–H and O–H groups in total. The number of sulfone groups is 1. The smallest absolute Gasteiger partial charge is 0.289 e. The lowest BCUT2D eigenvalue weighted by Crippen LogP contribution is -2.50. The molecule has 1 aliphatic rings. The van der Waals surface area contributed by atoms with Crippen molar-refractivity contribution in [3.63, 3.8) is 0 Å². The number of nitrogens with one attached hydrogen (secondary N) is 1. The van der Waals surface area contributed by atoms with Crippen molar-refractivity contribution in [1.82, 2.24) is 20.0 Å². The number of amides is 1. The van der Waals surface area contributed by atoms with Gasteiger partial charge in [-0.15, -0.1) is 0 Å². The van der Waals surface area contributed by atoms with Crippen molar-refractivity contribution in [3.05, 3.63) is 63.8 Å². The number of hydrogen-bond acceptors (Lipinski definition) is 8. The molecule has 1 aromatic heterocycles. The van der Waals surface area contributed by atoms with E-state index in [4.69, 9.17) is 27.9 Å². The molecule has 9 nitrogen and oxygen atoms in total. The summed E-state index contributed by atoms with van der Waals surface area (Å²) in [6.07, 6.45) is 0.557. The SMILES string of the molecule is COc1c(C(=O)NN2CCS(=O)(=O)CC2)nc(-c2ccc(Cl)cc2Cl)n1-c1ccc(C#CCCN=C=S)cc1. The summed E-state index contributed by atoms with van der Waals surface area (Å²) in [5.41, 5.74) is 4.72. The Morgan fingerprint density at radius 3 is 2.54 bits per heavy atom. The lowest BCUT2D eigenvalue weighted by molar-refractivity contribution is 0.0793. The van der Waals surface area contributed by atoms with Gasteiger partial charge in [0.25, 0.3) is 5.91 Å². The summed E-state index contributed by atoms with van der Waals surface area (Å²) in [6, 6.07) is 12.3. The van der Waals surface area contributed by atoms with Gasteiger partial charge in [0, 0.05) is 35.7 Å². The Bertz CT molecular complexity index is 1590. The fraction of sp³-hybridized carbons (Fsp3) is 0.269. The Hall–Kier alpha value is -3.23. The third kappa shape index (κ3) is 7.05. The van der Waals surface area contributed by atoms with Gasteiger partial charge in [-0.1, -0.05) is 35.0 Å². The Morgan fingerprint density at radius 2 is 1.90 bits per heavy atom. The van der Waals surface area contributed by atoms with Crippen LogP contribution in [0.4, 0.5) is 0 Å². The van der Waals surface area contributed by atoms with Crippen LogP contribution in [0.2, 0.25) is 10.0 Å². The van der Waals surface area contributed by atoms with Gasteiger partial charge >= 0.3 is 0 Å². The molecule has 13 heteroatoms. The van der Waals surface area contributed by atoms with E-state index in [1.54, 1.807) is 27.8 Å².